The normalized spacial score (nSPS) is 12.6. The number of thioether (sulfide) groups is 1. The average molecular weight is 507 g/mol. The monoisotopic (exact) mass is 506 g/mol. The Morgan fingerprint density at radius 1 is 0.972 bits per heavy atom. The zero-order valence-electron chi connectivity index (χ0n) is 21.2. The minimum Gasteiger partial charge on any atom is -0.352 e. The Morgan fingerprint density at radius 2 is 1.64 bits per heavy atom. The van der Waals surface area contributed by atoms with E-state index >= 15 is 0 Å². The number of hydrogen-bond acceptors (Lipinski definition) is 3. The molecule has 36 heavy (non-hydrogen) atoms. The molecule has 4 nitrogen and oxygen atoms in total. The predicted molar refractivity (Wildman–Crippen MR) is 145 cm³/mol. The third kappa shape index (κ3) is 8.23. The SMILES string of the molecule is CC[C@@H](C)NC(=O)[C@H](Cc1ccccc1)N(Cc1ccccc1F)C(=O)CCSc1ccc(C)cc1. The van der Waals surface area contributed by atoms with E-state index in [0.29, 0.717) is 17.7 Å². The van der Waals surface area contributed by atoms with E-state index in [0.717, 1.165) is 16.9 Å². The highest BCUT2D eigenvalue weighted by Gasteiger charge is 2.31. The van der Waals surface area contributed by atoms with Crippen LogP contribution in [0.15, 0.2) is 83.8 Å². The van der Waals surface area contributed by atoms with E-state index in [1.807, 2.05) is 75.4 Å². The fourth-order valence-electron chi connectivity index (χ4n) is 3.84. The Hall–Kier alpha value is -3.12. The number of hydrogen-bond donors (Lipinski definition) is 1. The molecule has 0 bridgehead atoms. The molecule has 0 fully saturated rings. The number of halogens is 1. The summed E-state index contributed by atoms with van der Waals surface area (Å²) in [5.41, 5.74) is 2.52. The van der Waals surface area contributed by atoms with Crippen molar-refractivity contribution in [3.8, 4) is 0 Å². The number of aryl methyl sites for hydroxylation is 1. The molecule has 0 saturated heterocycles. The van der Waals surface area contributed by atoms with Crippen molar-refractivity contribution in [1.29, 1.82) is 0 Å². The summed E-state index contributed by atoms with van der Waals surface area (Å²) in [6, 6.07) is 23.5. The minimum atomic E-state index is -0.752. The van der Waals surface area contributed by atoms with E-state index in [9.17, 15) is 14.0 Å². The van der Waals surface area contributed by atoms with Crippen LogP contribution in [0, 0.1) is 12.7 Å². The van der Waals surface area contributed by atoms with Gasteiger partial charge in [0.1, 0.15) is 11.9 Å². The Morgan fingerprint density at radius 3 is 2.31 bits per heavy atom. The molecule has 3 aromatic carbocycles. The molecular weight excluding hydrogens is 471 g/mol. The Labute approximate surface area is 218 Å². The molecule has 3 rings (SSSR count). The Bertz CT molecular complexity index is 1120. The summed E-state index contributed by atoms with van der Waals surface area (Å²) in [6.07, 6.45) is 1.38. The quantitative estimate of drug-likeness (QED) is 0.299. The van der Waals surface area contributed by atoms with Crippen LogP contribution >= 0.6 is 11.8 Å². The van der Waals surface area contributed by atoms with Crippen LogP contribution in [0.1, 0.15) is 43.4 Å². The van der Waals surface area contributed by atoms with E-state index in [1.54, 1.807) is 34.9 Å². The van der Waals surface area contributed by atoms with Gasteiger partial charge in [0.15, 0.2) is 0 Å². The van der Waals surface area contributed by atoms with E-state index in [1.165, 1.54) is 11.6 Å². The summed E-state index contributed by atoms with van der Waals surface area (Å²) in [5, 5.41) is 3.04. The van der Waals surface area contributed by atoms with Gasteiger partial charge >= 0.3 is 0 Å². The lowest BCUT2D eigenvalue weighted by Crippen LogP contribution is -2.52. The number of rotatable bonds is 12. The molecule has 0 heterocycles. The molecule has 0 radical (unpaired) electrons. The molecule has 2 atom stereocenters. The van der Waals surface area contributed by atoms with Crippen LogP contribution in [-0.2, 0) is 22.6 Å². The van der Waals surface area contributed by atoms with Gasteiger partial charge in [0, 0.05) is 41.6 Å². The fraction of sp³-hybridized carbons (Fsp3) is 0.333. The van der Waals surface area contributed by atoms with Crippen LogP contribution < -0.4 is 5.32 Å². The summed E-state index contributed by atoms with van der Waals surface area (Å²) >= 11 is 1.60. The largest absolute Gasteiger partial charge is 0.352 e. The van der Waals surface area contributed by atoms with Crippen molar-refractivity contribution in [3.63, 3.8) is 0 Å². The second-order valence-corrected chi connectivity index (χ2v) is 10.2. The maximum atomic E-state index is 14.6. The second-order valence-electron chi connectivity index (χ2n) is 9.05. The topological polar surface area (TPSA) is 49.4 Å². The van der Waals surface area contributed by atoms with Gasteiger partial charge in [0.2, 0.25) is 11.8 Å². The summed E-state index contributed by atoms with van der Waals surface area (Å²) in [4.78, 5) is 29.7. The lowest BCUT2D eigenvalue weighted by atomic mass is 10.0. The first-order valence-electron chi connectivity index (χ1n) is 12.4. The first-order chi connectivity index (χ1) is 17.4. The van der Waals surface area contributed by atoms with Gasteiger partial charge in [-0.3, -0.25) is 9.59 Å². The molecule has 6 heteroatoms. The van der Waals surface area contributed by atoms with E-state index in [2.05, 4.69) is 5.32 Å². The fourth-order valence-corrected chi connectivity index (χ4v) is 4.68. The van der Waals surface area contributed by atoms with Gasteiger partial charge in [0.05, 0.1) is 0 Å². The van der Waals surface area contributed by atoms with Crippen molar-refractivity contribution in [2.75, 3.05) is 5.75 Å². The molecular formula is C30H35FN2O2S. The zero-order valence-corrected chi connectivity index (χ0v) is 22.1. The number of carbonyl (C=O) groups excluding carboxylic acids is 2. The lowest BCUT2D eigenvalue weighted by Gasteiger charge is -2.32. The molecule has 0 aliphatic carbocycles. The van der Waals surface area contributed by atoms with Gasteiger partial charge in [-0.2, -0.15) is 0 Å². The predicted octanol–water partition coefficient (Wildman–Crippen LogP) is 6.17. The van der Waals surface area contributed by atoms with Gasteiger partial charge in [-0.1, -0.05) is 73.2 Å². The molecule has 0 aliphatic rings. The van der Waals surface area contributed by atoms with Gasteiger partial charge in [-0.15, -0.1) is 11.8 Å². The van der Waals surface area contributed by atoms with Crippen molar-refractivity contribution in [3.05, 3.63) is 101 Å². The molecule has 1 N–H and O–H groups in total. The Balaban J connectivity index is 1.86. The first-order valence-corrected chi connectivity index (χ1v) is 13.4. The van der Waals surface area contributed by atoms with E-state index in [-0.39, 0.29) is 36.6 Å². The summed E-state index contributed by atoms with van der Waals surface area (Å²) in [6.45, 7) is 6.02. The van der Waals surface area contributed by atoms with E-state index in [4.69, 9.17) is 0 Å². The van der Waals surface area contributed by atoms with Crippen molar-refractivity contribution < 1.29 is 14.0 Å². The number of nitrogens with one attached hydrogen (secondary N) is 1. The van der Waals surface area contributed by atoms with Crippen molar-refractivity contribution in [2.24, 2.45) is 0 Å². The minimum absolute atomic E-state index is 0.0294. The highest BCUT2D eigenvalue weighted by Crippen LogP contribution is 2.22. The standard InChI is InChI=1S/C30H35FN2O2S/c1-4-23(3)32-30(35)28(20-24-10-6-5-7-11-24)33(21-25-12-8-9-13-27(25)31)29(34)18-19-36-26-16-14-22(2)15-17-26/h5-17,23,28H,4,18-21H2,1-3H3,(H,32,35)/t23-,28+/m1/s1. The molecule has 3 aromatic rings. The lowest BCUT2D eigenvalue weighted by molar-refractivity contribution is -0.141. The number of amides is 2. The first kappa shape index (κ1) is 27.5. The zero-order chi connectivity index (χ0) is 25.9. The third-order valence-corrected chi connectivity index (χ3v) is 7.19. The van der Waals surface area contributed by atoms with Crippen LogP contribution in [0.4, 0.5) is 4.39 Å². The molecule has 190 valence electrons. The molecule has 2 amide bonds. The second kappa shape index (κ2) is 13.8. The molecule has 0 unspecified atom stereocenters. The van der Waals surface area contributed by atoms with Crippen LogP contribution in [-0.4, -0.2) is 34.6 Å². The average Bonchev–Trinajstić information content (AvgIpc) is 2.88. The molecule has 0 aromatic heterocycles. The number of benzene rings is 3. The van der Waals surface area contributed by atoms with Gasteiger partial charge < -0.3 is 10.2 Å². The highest BCUT2D eigenvalue weighted by atomic mass is 32.2. The smallest absolute Gasteiger partial charge is 0.243 e. The number of carbonyl (C=O) groups is 2. The number of nitrogens with zero attached hydrogens (tertiary/aromatic N) is 1. The van der Waals surface area contributed by atoms with Crippen molar-refractivity contribution in [2.45, 2.75) is 63.6 Å². The summed E-state index contributed by atoms with van der Waals surface area (Å²) in [5.74, 6) is -0.201. The molecule has 0 aliphatic heterocycles. The maximum Gasteiger partial charge on any atom is 0.243 e. The van der Waals surface area contributed by atoms with Crippen LogP contribution in [0.5, 0.6) is 0 Å². The van der Waals surface area contributed by atoms with Crippen LogP contribution in [0.25, 0.3) is 0 Å². The molecule has 0 spiro atoms. The highest BCUT2D eigenvalue weighted by molar-refractivity contribution is 7.99. The van der Waals surface area contributed by atoms with Gasteiger partial charge in [-0.05, 0) is 44.0 Å². The van der Waals surface area contributed by atoms with Gasteiger partial charge in [-0.25, -0.2) is 4.39 Å². The third-order valence-electron chi connectivity index (χ3n) is 6.18. The van der Waals surface area contributed by atoms with Gasteiger partial charge in [0.25, 0.3) is 0 Å². The van der Waals surface area contributed by atoms with Crippen molar-refractivity contribution >= 4 is 23.6 Å². The summed E-state index contributed by atoms with van der Waals surface area (Å²) < 4.78 is 14.6. The summed E-state index contributed by atoms with van der Waals surface area (Å²) in [7, 11) is 0. The van der Waals surface area contributed by atoms with Crippen LogP contribution in [0.2, 0.25) is 0 Å². The van der Waals surface area contributed by atoms with E-state index < -0.39 is 6.04 Å². The maximum absolute atomic E-state index is 14.6. The van der Waals surface area contributed by atoms with Crippen LogP contribution in [0.3, 0.4) is 0 Å². The van der Waals surface area contributed by atoms with Crippen molar-refractivity contribution in [1.82, 2.24) is 10.2 Å². The molecule has 0 saturated carbocycles. The Kier molecular flexibility index (Phi) is 10.6.